The van der Waals surface area contributed by atoms with E-state index in [2.05, 4.69) is 17.1 Å². The smallest absolute Gasteiger partial charge is 0.270 e. The number of non-ortho nitro benzene ring substituents is 1. The number of nitro groups is 1. The fourth-order valence-corrected chi connectivity index (χ4v) is 2.84. The Bertz CT molecular complexity index is 525. The van der Waals surface area contributed by atoms with Crippen molar-refractivity contribution < 1.29 is 9.72 Å². The first-order valence-corrected chi connectivity index (χ1v) is 7.85. The number of hydrogen-bond acceptors (Lipinski definition) is 4. The SMILES string of the molecule is CCN1CCC(CCNC(=O)c2cccc([N+](=O)[O-])c2)CC1. The molecular formula is C16H23N3O3. The minimum Gasteiger partial charge on any atom is -0.352 e. The molecule has 0 unspecified atom stereocenters. The first kappa shape index (κ1) is 16.4. The maximum absolute atomic E-state index is 12.0. The summed E-state index contributed by atoms with van der Waals surface area (Å²) in [5.41, 5.74) is 0.287. The van der Waals surface area contributed by atoms with Gasteiger partial charge in [0.2, 0.25) is 0 Å². The largest absolute Gasteiger partial charge is 0.352 e. The minimum atomic E-state index is -0.488. The van der Waals surface area contributed by atoms with Crippen molar-refractivity contribution in [2.75, 3.05) is 26.2 Å². The molecule has 0 radical (unpaired) electrons. The monoisotopic (exact) mass is 305 g/mol. The molecule has 0 bridgehead atoms. The zero-order chi connectivity index (χ0) is 15.9. The number of nitro benzene ring substituents is 1. The predicted molar refractivity (Wildman–Crippen MR) is 84.9 cm³/mol. The van der Waals surface area contributed by atoms with Crippen LogP contribution in [0.15, 0.2) is 24.3 Å². The fourth-order valence-electron chi connectivity index (χ4n) is 2.84. The van der Waals surface area contributed by atoms with Crippen molar-refractivity contribution in [3.05, 3.63) is 39.9 Å². The van der Waals surface area contributed by atoms with E-state index in [0.717, 1.165) is 26.1 Å². The molecule has 1 fully saturated rings. The van der Waals surface area contributed by atoms with Gasteiger partial charge < -0.3 is 10.2 Å². The molecule has 120 valence electrons. The average molecular weight is 305 g/mol. The van der Waals surface area contributed by atoms with Gasteiger partial charge in [-0.05, 0) is 50.9 Å². The molecule has 1 heterocycles. The highest BCUT2D eigenvalue weighted by Crippen LogP contribution is 2.19. The lowest BCUT2D eigenvalue weighted by Crippen LogP contribution is -2.35. The van der Waals surface area contributed by atoms with Crippen molar-refractivity contribution in [2.24, 2.45) is 5.92 Å². The second kappa shape index (κ2) is 7.89. The van der Waals surface area contributed by atoms with Crippen LogP contribution in [0.5, 0.6) is 0 Å². The normalized spacial score (nSPS) is 16.4. The van der Waals surface area contributed by atoms with E-state index in [0.29, 0.717) is 18.0 Å². The number of nitrogens with zero attached hydrogens (tertiary/aromatic N) is 2. The fraction of sp³-hybridized carbons (Fsp3) is 0.562. The van der Waals surface area contributed by atoms with Gasteiger partial charge in [0.25, 0.3) is 11.6 Å². The van der Waals surface area contributed by atoms with Gasteiger partial charge in [0.15, 0.2) is 0 Å². The van der Waals surface area contributed by atoms with Gasteiger partial charge in [0.05, 0.1) is 4.92 Å². The van der Waals surface area contributed by atoms with Crippen molar-refractivity contribution in [3.8, 4) is 0 Å². The lowest BCUT2D eigenvalue weighted by molar-refractivity contribution is -0.384. The second-order valence-corrected chi connectivity index (χ2v) is 5.73. The molecule has 1 aromatic carbocycles. The van der Waals surface area contributed by atoms with Gasteiger partial charge in [-0.15, -0.1) is 0 Å². The molecule has 1 aliphatic rings. The molecule has 0 atom stereocenters. The first-order valence-electron chi connectivity index (χ1n) is 7.85. The molecule has 1 aromatic rings. The molecule has 0 aliphatic carbocycles. The summed E-state index contributed by atoms with van der Waals surface area (Å²) in [6.07, 6.45) is 3.33. The highest BCUT2D eigenvalue weighted by atomic mass is 16.6. The molecule has 0 spiro atoms. The third-order valence-electron chi connectivity index (χ3n) is 4.31. The molecule has 1 aliphatic heterocycles. The summed E-state index contributed by atoms with van der Waals surface area (Å²) in [5.74, 6) is 0.419. The quantitative estimate of drug-likeness (QED) is 0.647. The van der Waals surface area contributed by atoms with Crippen LogP contribution in [0.25, 0.3) is 0 Å². The Balaban J connectivity index is 1.76. The van der Waals surface area contributed by atoms with E-state index in [-0.39, 0.29) is 11.6 Å². The summed E-state index contributed by atoms with van der Waals surface area (Å²) in [7, 11) is 0. The van der Waals surface area contributed by atoms with E-state index in [1.165, 1.54) is 31.0 Å². The summed E-state index contributed by atoms with van der Waals surface area (Å²) in [6.45, 7) is 6.19. The number of carbonyl (C=O) groups excluding carboxylic acids is 1. The maximum atomic E-state index is 12.0. The Labute approximate surface area is 130 Å². The molecule has 22 heavy (non-hydrogen) atoms. The van der Waals surface area contributed by atoms with E-state index in [1.54, 1.807) is 6.07 Å². The van der Waals surface area contributed by atoms with Crippen LogP contribution in [0.4, 0.5) is 5.69 Å². The van der Waals surface area contributed by atoms with Crippen molar-refractivity contribution in [1.29, 1.82) is 0 Å². The predicted octanol–water partition coefficient (Wildman–Crippen LogP) is 2.45. The number of rotatable bonds is 6. The highest BCUT2D eigenvalue weighted by molar-refractivity contribution is 5.94. The van der Waals surface area contributed by atoms with Crippen LogP contribution in [0.2, 0.25) is 0 Å². The van der Waals surface area contributed by atoms with E-state index < -0.39 is 4.92 Å². The second-order valence-electron chi connectivity index (χ2n) is 5.73. The number of amides is 1. The van der Waals surface area contributed by atoms with Gasteiger partial charge in [-0.2, -0.15) is 0 Å². The molecule has 6 nitrogen and oxygen atoms in total. The number of benzene rings is 1. The van der Waals surface area contributed by atoms with Gasteiger partial charge in [-0.1, -0.05) is 13.0 Å². The van der Waals surface area contributed by atoms with Gasteiger partial charge in [0.1, 0.15) is 0 Å². The zero-order valence-electron chi connectivity index (χ0n) is 13.0. The lowest BCUT2D eigenvalue weighted by Gasteiger charge is -2.31. The standard InChI is InChI=1S/C16H23N3O3/c1-2-18-10-7-13(8-11-18)6-9-17-16(20)14-4-3-5-15(12-14)19(21)22/h3-5,12-13H,2,6-11H2,1H3,(H,17,20). The van der Waals surface area contributed by atoms with Crippen LogP contribution in [0.3, 0.4) is 0 Å². The van der Waals surface area contributed by atoms with Crippen molar-refractivity contribution >= 4 is 11.6 Å². The third-order valence-corrected chi connectivity index (χ3v) is 4.31. The van der Waals surface area contributed by atoms with Crippen LogP contribution in [0, 0.1) is 16.0 Å². The van der Waals surface area contributed by atoms with E-state index in [9.17, 15) is 14.9 Å². The summed E-state index contributed by atoms with van der Waals surface area (Å²) in [5, 5.41) is 13.6. The summed E-state index contributed by atoms with van der Waals surface area (Å²) in [6, 6.07) is 5.84. The van der Waals surface area contributed by atoms with Crippen molar-refractivity contribution in [1.82, 2.24) is 10.2 Å². The Morgan fingerprint density at radius 3 is 2.77 bits per heavy atom. The summed E-state index contributed by atoms with van der Waals surface area (Å²) >= 11 is 0. The molecule has 2 rings (SSSR count). The first-order chi connectivity index (χ1) is 10.6. The van der Waals surface area contributed by atoms with Gasteiger partial charge in [0, 0.05) is 24.2 Å². The Morgan fingerprint density at radius 1 is 1.41 bits per heavy atom. The van der Waals surface area contributed by atoms with Crippen LogP contribution >= 0.6 is 0 Å². The van der Waals surface area contributed by atoms with Gasteiger partial charge in [-0.3, -0.25) is 14.9 Å². The highest BCUT2D eigenvalue weighted by Gasteiger charge is 2.18. The summed E-state index contributed by atoms with van der Waals surface area (Å²) in [4.78, 5) is 24.7. The average Bonchev–Trinajstić information content (AvgIpc) is 2.55. The maximum Gasteiger partial charge on any atom is 0.270 e. The number of nitrogens with one attached hydrogen (secondary N) is 1. The van der Waals surface area contributed by atoms with Crippen LogP contribution in [-0.4, -0.2) is 41.9 Å². The van der Waals surface area contributed by atoms with Crippen LogP contribution in [0.1, 0.15) is 36.5 Å². The molecule has 6 heteroatoms. The Kier molecular flexibility index (Phi) is 5.89. The third kappa shape index (κ3) is 4.53. The van der Waals surface area contributed by atoms with E-state index >= 15 is 0 Å². The molecule has 0 aromatic heterocycles. The zero-order valence-corrected chi connectivity index (χ0v) is 13.0. The van der Waals surface area contributed by atoms with Crippen molar-refractivity contribution in [2.45, 2.75) is 26.2 Å². The number of piperidine rings is 1. The Hall–Kier alpha value is -1.95. The van der Waals surface area contributed by atoms with Gasteiger partial charge >= 0.3 is 0 Å². The topological polar surface area (TPSA) is 75.5 Å². The Morgan fingerprint density at radius 2 is 2.14 bits per heavy atom. The lowest BCUT2D eigenvalue weighted by atomic mass is 9.93. The number of hydrogen-bond donors (Lipinski definition) is 1. The molecule has 1 amide bonds. The van der Waals surface area contributed by atoms with Crippen LogP contribution < -0.4 is 5.32 Å². The van der Waals surface area contributed by atoms with E-state index in [1.807, 2.05) is 0 Å². The minimum absolute atomic E-state index is 0.0559. The number of likely N-dealkylation sites (tertiary alicyclic amines) is 1. The molecule has 1 N–H and O–H groups in total. The number of carbonyl (C=O) groups is 1. The molecular weight excluding hydrogens is 282 g/mol. The van der Waals surface area contributed by atoms with Crippen molar-refractivity contribution in [3.63, 3.8) is 0 Å². The van der Waals surface area contributed by atoms with Crippen LogP contribution in [-0.2, 0) is 0 Å². The summed E-state index contributed by atoms with van der Waals surface area (Å²) < 4.78 is 0. The van der Waals surface area contributed by atoms with E-state index in [4.69, 9.17) is 0 Å². The molecule has 1 saturated heterocycles. The molecule has 0 saturated carbocycles. The van der Waals surface area contributed by atoms with Gasteiger partial charge in [-0.25, -0.2) is 0 Å².